The number of hydrogen-bond donors (Lipinski definition) is 1. The molecule has 3 nitrogen and oxygen atoms in total. The van der Waals surface area contributed by atoms with Gasteiger partial charge in [0.05, 0.1) is 10.7 Å². The van der Waals surface area contributed by atoms with E-state index in [1.165, 1.54) is 0 Å². The van der Waals surface area contributed by atoms with Crippen molar-refractivity contribution in [2.24, 2.45) is 5.10 Å². The largest absolute Gasteiger partial charge is 0.271 e. The van der Waals surface area contributed by atoms with Crippen molar-refractivity contribution >= 4 is 34.8 Å². The minimum absolute atomic E-state index is 0.254. The lowest BCUT2D eigenvalue weighted by atomic mass is 10.1. The van der Waals surface area contributed by atoms with Gasteiger partial charge in [-0.1, -0.05) is 53.9 Å². The molecule has 1 N–H and O–H groups in total. The zero-order valence-electron chi connectivity index (χ0n) is 12.4. The average molecular weight is 335 g/mol. The Balaban J connectivity index is 2.18. The standard InChI is InChI=1S/C17H16Cl2N2O/c1-3-16(14-9-8-13(18)10-15(14)19)20-21-17(22)12-6-4-11(2)5-7-12/h4-10H,3H2,1-2H3,(H,21,22)/b20-16+. The van der Waals surface area contributed by atoms with Crippen LogP contribution in [0, 0.1) is 6.92 Å². The fourth-order valence-corrected chi connectivity index (χ4v) is 2.46. The van der Waals surface area contributed by atoms with Gasteiger partial charge < -0.3 is 0 Å². The lowest BCUT2D eigenvalue weighted by molar-refractivity contribution is 0.0955. The summed E-state index contributed by atoms with van der Waals surface area (Å²) in [6, 6.07) is 12.5. The second-order valence-electron chi connectivity index (χ2n) is 4.84. The van der Waals surface area contributed by atoms with E-state index in [9.17, 15) is 4.79 Å². The number of hydrogen-bond acceptors (Lipinski definition) is 2. The quantitative estimate of drug-likeness (QED) is 0.630. The molecule has 22 heavy (non-hydrogen) atoms. The number of amides is 1. The predicted molar refractivity (Wildman–Crippen MR) is 91.9 cm³/mol. The summed E-state index contributed by atoms with van der Waals surface area (Å²) in [5.74, 6) is -0.254. The summed E-state index contributed by atoms with van der Waals surface area (Å²) in [5, 5.41) is 5.27. The van der Waals surface area contributed by atoms with Crippen LogP contribution in [0.15, 0.2) is 47.6 Å². The van der Waals surface area contributed by atoms with E-state index in [1.807, 2.05) is 26.0 Å². The average Bonchev–Trinajstić information content (AvgIpc) is 2.50. The van der Waals surface area contributed by atoms with Crippen LogP contribution in [0.3, 0.4) is 0 Å². The lowest BCUT2D eigenvalue weighted by Crippen LogP contribution is -2.20. The molecule has 0 atom stereocenters. The Morgan fingerprint density at radius 1 is 1.14 bits per heavy atom. The fourth-order valence-electron chi connectivity index (χ4n) is 1.94. The van der Waals surface area contributed by atoms with Crippen molar-refractivity contribution in [2.75, 3.05) is 0 Å². The second-order valence-corrected chi connectivity index (χ2v) is 5.69. The number of benzene rings is 2. The van der Waals surface area contributed by atoms with Crippen LogP contribution in [0.25, 0.3) is 0 Å². The molecule has 2 rings (SSSR count). The van der Waals surface area contributed by atoms with Crippen LogP contribution in [0.2, 0.25) is 10.0 Å². The molecule has 5 heteroatoms. The Labute approximate surface area is 139 Å². The van der Waals surface area contributed by atoms with Crippen molar-refractivity contribution < 1.29 is 4.79 Å². The Morgan fingerprint density at radius 2 is 1.82 bits per heavy atom. The molecule has 0 aliphatic rings. The minimum atomic E-state index is -0.254. The molecule has 0 heterocycles. The highest BCUT2D eigenvalue weighted by atomic mass is 35.5. The summed E-state index contributed by atoms with van der Waals surface area (Å²) in [5.41, 5.74) is 5.69. The Morgan fingerprint density at radius 3 is 2.41 bits per heavy atom. The van der Waals surface area contributed by atoms with E-state index in [1.54, 1.807) is 30.3 Å². The van der Waals surface area contributed by atoms with Crippen LogP contribution in [0.5, 0.6) is 0 Å². The molecule has 0 saturated carbocycles. The second kappa shape index (κ2) is 7.43. The first-order chi connectivity index (χ1) is 10.5. The van der Waals surface area contributed by atoms with Crippen LogP contribution in [0.1, 0.15) is 34.8 Å². The first kappa shape index (κ1) is 16.5. The zero-order valence-corrected chi connectivity index (χ0v) is 13.9. The van der Waals surface area contributed by atoms with Crippen LogP contribution in [-0.2, 0) is 0 Å². The molecule has 0 spiro atoms. The van der Waals surface area contributed by atoms with Gasteiger partial charge in [0, 0.05) is 16.1 Å². The van der Waals surface area contributed by atoms with Crippen LogP contribution in [-0.4, -0.2) is 11.6 Å². The lowest BCUT2D eigenvalue weighted by Gasteiger charge is -2.08. The number of aryl methyl sites for hydroxylation is 1. The first-order valence-electron chi connectivity index (χ1n) is 6.90. The van der Waals surface area contributed by atoms with Gasteiger partial charge >= 0.3 is 0 Å². The molecule has 0 fully saturated rings. The monoisotopic (exact) mass is 334 g/mol. The van der Waals surface area contributed by atoms with Gasteiger partial charge in [-0.15, -0.1) is 0 Å². The molecular formula is C17H16Cl2N2O. The van der Waals surface area contributed by atoms with Gasteiger partial charge in [0.15, 0.2) is 0 Å². The minimum Gasteiger partial charge on any atom is -0.267 e. The number of halogens is 2. The Kier molecular flexibility index (Phi) is 5.58. The van der Waals surface area contributed by atoms with Gasteiger partial charge in [-0.25, -0.2) is 5.43 Å². The number of hydrazone groups is 1. The van der Waals surface area contributed by atoms with Gasteiger partial charge in [0.1, 0.15) is 0 Å². The molecule has 0 bridgehead atoms. The molecule has 2 aromatic rings. The Hall–Kier alpha value is -1.84. The number of carbonyl (C=O) groups is 1. The van der Waals surface area contributed by atoms with Crippen molar-refractivity contribution in [1.29, 1.82) is 0 Å². The maximum Gasteiger partial charge on any atom is 0.271 e. The smallest absolute Gasteiger partial charge is 0.267 e. The van der Waals surface area contributed by atoms with Crippen LogP contribution >= 0.6 is 23.2 Å². The third-order valence-corrected chi connectivity index (χ3v) is 3.73. The molecule has 114 valence electrons. The molecule has 0 aliphatic heterocycles. The van der Waals surface area contributed by atoms with Crippen molar-refractivity contribution in [1.82, 2.24) is 5.43 Å². The SMILES string of the molecule is CC/C(=N\NC(=O)c1ccc(C)cc1)c1ccc(Cl)cc1Cl. The number of nitrogens with zero attached hydrogens (tertiary/aromatic N) is 1. The highest BCUT2D eigenvalue weighted by molar-refractivity contribution is 6.37. The maximum atomic E-state index is 12.1. The summed E-state index contributed by atoms with van der Waals surface area (Å²) in [4.78, 5) is 12.1. The molecule has 0 aliphatic carbocycles. The molecule has 0 saturated heterocycles. The zero-order chi connectivity index (χ0) is 16.1. The van der Waals surface area contributed by atoms with Gasteiger partial charge in [0.25, 0.3) is 5.91 Å². The number of rotatable bonds is 4. The molecule has 0 aromatic heterocycles. The Bertz CT molecular complexity index is 709. The van der Waals surface area contributed by atoms with Gasteiger partial charge in [-0.2, -0.15) is 5.10 Å². The van der Waals surface area contributed by atoms with Crippen LogP contribution < -0.4 is 5.43 Å². The highest BCUT2D eigenvalue weighted by Gasteiger charge is 2.09. The topological polar surface area (TPSA) is 41.5 Å². The van der Waals surface area contributed by atoms with E-state index in [4.69, 9.17) is 23.2 Å². The van der Waals surface area contributed by atoms with E-state index in [2.05, 4.69) is 10.5 Å². The van der Waals surface area contributed by atoms with Crippen molar-refractivity contribution in [3.05, 3.63) is 69.2 Å². The summed E-state index contributed by atoms with van der Waals surface area (Å²) in [6.45, 7) is 3.92. The van der Waals surface area contributed by atoms with E-state index >= 15 is 0 Å². The molecule has 1 amide bonds. The molecule has 2 aromatic carbocycles. The van der Waals surface area contributed by atoms with Crippen molar-refractivity contribution in [2.45, 2.75) is 20.3 Å². The fraction of sp³-hybridized carbons (Fsp3) is 0.176. The van der Waals surface area contributed by atoms with Gasteiger partial charge in [-0.3, -0.25) is 4.79 Å². The highest BCUT2D eigenvalue weighted by Crippen LogP contribution is 2.22. The number of nitrogens with one attached hydrogen (secondary N) is 1. The molecule has 0 unspecified atom stereocenters. The van der Waals surface area contributed by atoms with E-state index in [-0.39, 0.29) is 5.91 Å². The summed E-state index contributed by atoms with van der Waals surface area (Å²) in [7, 11) is 0. The van der Waals surface area contributed by atoms with Gasteiger partial charge in [-0.05, 0) is 37.6 Å². The van der Waals surface area contributed by atoms with Crippen molar-refractivity contribution in [3.8, 4) is 0 Å². The number of carbonyl (C=O) groups excluding carboxylic acids is 1. The first-order valence-corrected chi connectivity index (χ1v) is 7.66. The van der Waals surface area contributed by atoms with Crippen molar-refractivity contribution in [3.63, 3.8) is 0 Å². The van der Waals surface area contributed by atoms with Crippen LogP contribution in [0.4, 0.5) is 0 Å². The molecular weight excluding hydrogens is 319 g/mol. The van der Waals surface area contributed by atoms with E-state index in [0.717, 1.165) is 11.1 Å². The summed E-state index contributed by atoms with van der Waals surface area (Å²) >= 11 is 12.1. The van der Waals surface area contributed by atoms with E-state index < -0.39 is 0 Å². The molecule has 0 radical (unpaired) electrons. The summed E-state index contributed by atoms with van der Waals surface area (Å²) in [6.07, 6.45) is 0.634. The summed E-state index contributed by atoms with van der Waals surface area (Å²) < 4.78 is 0. The van der Waals surface area contributed by atoms with Gasteiger partial charge in [0.2, 0.25) is 0 Å². The normalized spacial score (nSPS) is 11.4. The maximum absolute atomic E-state index is 12.1. The van der Waals surface area contributed by atoms with E-state index in [0.29, 0.717) is 27.7 Å². The predicted octanol–water partition coefficient (Wildman–Crippen LogP) is 4.85. The third-order valence-electron chi connectivity index (χ3n) is 3.18. The third kappa shape index (κ3) is 4.09.